The van der Waals surface area contributed by atoms with Crippen LogP contribution < -0.4 is 5.56 Å². The van der Waals surface area contributed by atoms with Gasteiger partial charge in [0.15, 0.2) is 0 Å². The first kappa shape index (κ1) is 12.1. The number of hydrogen-bond acceptors (Lipinski definition) is 4. The maximum absolute atomic E-state index is 11.7. The Balaban J connectivity index is 2.32. The second-order valence-corrected chi connectivity index (χ2v) is 4.60. The first-order valence-corrected chi connectivity index (χ1v) is 5.72. The maximum Gasteiger partial charge on any atom is 0.256 e. The van der Waals surface area contributed by atoms with E-state index in [4.69, 9.17) is 4.74 Å². The number of rotatable bonds is 2. The number of aromatic hydroxyl groups is 1. The molecule has 0 aliphatic carbocycles. The number of ether oxygens (including phenoxy) is 1. The zero-order valence-electron chi connectivity index (χ0n) is 9.91. The average Bonchev–Trinajstić information content (AvgIpc) is 2.57. The maximum atomic E-state index is 11.7. The third kappa shape index (κ3) is 2.08. The molecule has 0 radical (unpaired) electrons. The quantitative estimate of drug-likeness (QED) is 0.797. The second kappa shape index (κ2) is 4.50. The summed E-state index contributed by atoms with van der Waals surface area (Å²) in [7, 11) is 0. The van der Waals surface area contributed by atoms with Crippen molar-refractivity contribution < 1.29 is 14.9 Å². The van der Waals surface area contributed by atoms with Crippen LogP contribution in [0, 0.1) is 11.8 Å². The molecule has 1 fully saturated rings. The van der Waals surface area contributed by atoms with Gasteiger partial charge >= 0.3 is 0 Å². The van der Waals surface area contributed by atoms with Gasteiger partial charge in [-0.2, -0.15) is 0 Å². The smallest absolute Gasteiger partial charge is 0.256 e. The normalized spacial score (nSPS) is 32.9. The number of aromatic nitrogens is 1. The van der Waals surface area contributed by atoms with Crippen LogP contribution >= 0.6 is 0 Å². The molecule has 1 unspecified atom stereocenters. The summed E-state index contributed by atoms with van der Waals surface area (Å²) in [5, 5.41) is 18.4. The van der Waals surface area contributed by atoms with E-state index < -0.39 is 0 Å². The van der Waals surface area contributed by atoms with Crippen molar-refractivity contribution in [3.63, 3.8) is 0 Å². The van der Waals surface area contributed by atoms with Crippen LogP contribution in [-0.4, -0.2) is 27.5 Å². The minimum absolute atomic E-state index is 0.0468. The number of nitrogens with zero attached hydrogens (tertiary/aromatic N) is 1. The monoisotopic (exact) mass is 239 g/mol. The van der Waals surface area contributed by atoms with Gasteiger partial charge in [-0.05, 0) is 12.0 Å². The van der Waals surface area contributed by atoms with Crippen LogP contribution in [-0.2, 0) is 4.74 Å². The van der Waals surface area contributed by atoms with Crippen LogP contribution in [0.2, 0.25) is 0 Å². The minimum atomic E-state index is -0.379. The molecule has 4 atom stereocenters. The van der Waals surface area contributed by atoms with E-state index in [1.165, 1.54) is 16.8 Å². The largest absolute Gasteiger partial charge is 0.508 e. The summed E-state index contributed by atoms with van der Waals surface area (Å²) in [6.45, 7) is 3.94. The molecule has 0 bridgehead atoms. The van der Waals surface area contributed by atoms with Gasteiger partial charge in [-0.15, -0.1) is 0 Å². The lowest BCUT2D eigenvalue weighted by atomic mass is 9.93. The van der Waals surface area contributed by atoms with Crippen LogP contribution in [0.5, 0.6) is 5.75 Å². The fraction of sp³-hybridized carbons (Fsp3) is 0.583. The molecular formula is C12H17NO4. The second-order valence-electron chi connectivity index (χ2n) is 4.60. The zero-order chi connectivity index (χ0) is 12.6. The Bertz CT molecular complexity index is 456. The van der Waals surface area contributed by atoms with Gasteiger partial charge in [0, 0.05) is 18.2 Å². The van der Waals surface area contributed by atoms with Crippen molar-refractivity contribution in [2.24, 2.45) is 11.8 Å². The van der Waals surface area contributed by atoms with Gasteiger partial charge in [-0.1, -0.05) is 13.8 Å². The third-order valence-electron chi connectivity index (χ3n) is 3.57. The highest BCUT2D eigenvalue weighted by Crippen LogP contribution is 2.37. The molecule has 94 valence electrons. The van der Waals surface area contributed by atoms with Crippen molar-refractivity contribution in [2.75, 3.05) is 6.61 Å². The molecule has 1 aromatic heterocycles. The molecule has 2 rings (SSSR count). The van der Waals surface area contributed by atoms with Crippen LogP contribution in [0.4, 0.5) is 0 Å². The van der Waals surface area contributed by atoms with Crippen LogP contribution in [0.25, 0.3) is 0 Å². The molecule has 1 aliphatic heterocycles. The Labute approximate surface area is 99.3 Å². The summed E-state index contributed by atoms with van der Waals surface area (Å²) in [5.41, 5.74) is -0.298. The fourth-order valence-electron chi connectivity index (χ4n) is 2.24. The summed E-state index contributed by atoms with van der Waals surface area (Å²) < 4.78 is 7.13. The molecule has 0 saturated carbocycles. The molecule has 17 heavy (non-hydrogen) atoms. The van der Waals surface area contributed by atoms with Crippen molar-refractivity contribution in [2.45, 2.75) is 26.2 Å². The standard InChI is InChI=1S/C12H17NO4/c1-7-8(2)12(17-10(7)6-14)13-4-3-9(15)5-11(13)16/h3-5,7-8,10,12,14-15H,6H2,1-2H3/t7?,8-,10+,12+/m0/s1. The van der Waals surface area contributed by atoms with Crippen molar-refractivity contribution in [1.29, 1.82) is 0 Å². The van der Waals surface area contributed by atoms with Crippen molar-refractivity contribution in [1.82, 2.24) is 4.57 Å². The lowest BCUT2D eigenvalue weighted by molar-refractivity contribution is -0.0370. The van der Waals surface area contributed by atoms with Gasteiger partial charge in [-0.3, -0.25) is 9.36 Å². The molecule has 2 N–H and O–H groups in total. The van der Waals surface area contributed by atoms with Gasteiger partial charge in [-0.25, -0.2) is 0 Å². The molecule has 0 amide bonds. The van der Waals surface area contributed by atoms with Crippen LogP contribution in [0.1, 0.15) is 20.1 Å². The molecule has 5 nitrogen and oxygen atoms in total. The van der Waals surface area contributed by atoms with E-state index >= 15 is 0 Å². The number of hydrogen-bond donors (Lipinski definition) is 2. The highest BCUT2D eigenvalue weighted by molar-refractivity contribution is 5.16. The van der Waals surface area contributed by atoms with E-state index in [1.54, 1.807) is 0 Å². The van der Waals surface area contributed by atoms with E-state index in [2.05, 4.69) is 0 Å². The predicted molar refractivity (Wildman–Crippen MR) is 61.7 cm³/mol. The summed E-state index contributed by atoms with van der Waals surface area (Å²) in [6, 6.07) is 2.61. The Kier molecular flexibility index (Phi) is 3.22. The summed E-state index contributed by atoms with van der Waals surface area (Å²) in [6.07, 6.45) is 0.900. The van der Waals surface area contributed by atoms with Crippen molar-refractivity contribution in [3.05, 3.63) is 28.7 Å². The van der Waals surface area contributed by atoms with E-state index in [-0.39, 0.29) is 42.1 Å². The Morgan fingerprint density at radius 2 is 2.12 bits per heavy atom. The number of pyridine rings is 1. The molecular weight excluding hydrogens is 222 g/mol. The fourth-order valence-corrected chi connectivity index (χ4v) is 2.24. The van der Waals surface area contributed by atoms with E-state index in [1.807, 2.05) is 13.8 Å². The molecule has 2 heterocycles. The molecule has 5 heteroatoms. The van der Waals surface area contributed by atoms with Gasteiger partial charge in [0.05, 0.1) is 12.7 Å². The number of aliphatic hydroxyl groups is 1. The van der Waals surface area contributed by atoms with Gasteiger partial charge in [0.2, 0.25) is 0 Å². The Morgan fingerprint density at radius 3 is 2.65 bits per heavy atom. The molecule has 1 saturated heterocycles. The lowest BCUT2D eigenvalue weighted by Gasteiger charge is -2.18. The highest BCUT2D eigenvalue weighted by atomic mass is 16.5. The van der Waals surface area contributed by atoms with Crippen LogP contribution in [0.3, 0.4) is 0 Å². The van der Waals surface area contributed by atoms with E-state index in [0.29, 0.717) is 0 Å². The van der Waals surface area contributed by atoms with Gasteiger partial charge in [0.1, 0.15) is 12.0 Å². The number of aliphatic hydroxyl groups excluding tert-OH is 1. The van der Waals surface area contributed by atoms with Crippen molar-refractivity contribution in [3.8, 4) is 5.75 Å². The lowest BCUT2D eigenvalue weighted by Crippen LogP contribution is -2.26. The SMILES string of the molecule is CC1[C@@H](CO)O[C@@H](n2ccc(O)cc2=O)[C@H]1C. The van der Waals surface area contributed by atoms with Crippen LogP contribution in [0.15, 0.2) is 23.1 Å². The van der Waals surface area contributed by atoms with Crippen molar-refractivity contribution >= 4 is 0 Å². The first-order valence-electron chi connectivity index (χ1n) is 5.72. The molecule has 1 aromatic rings. The van der Waals surface area contributed by atoms with Gasteiger partial charge < -0.3 is 14.9 Å². The van der Waals surface area contributed by atoms with Gasteiger partial charge in [0.25, 0.3) is 5.56 Å². The minimum Gasteiger partial charge on any atom is -0.508 e. The first-order chi connectivity index (χ1) is 8.04. The molecule has 0 aromatic carbocycles. The topological polar surface area (TPSA) is 71.7 Å². The zero-order valence-corrected chi connectivity index (χ0v) is 9.91. The molecule has 0 spiro atoms. The predicted octanol–water partition coefficient (Wildman–Crippen LogP) is 0.716. The Morgan fingerprint density at radius 1 is 1.41 bits per heavy atom. The average molecular weight is 239 g/mol. The highest BCUT2D eigenvalue weighted by Gasteiger charge is 2.39. The Hall–Kier alpha value is -1.33. The molecule has 1 aliphatic rings. The summed E-state index contributed by atoms with van der Waals surface area (Å²) in [5.74, 6) is 0.267. The van der Waals surface area contributed by atoms with E-state index in [9.17, 15) is 15.0 Å². The summed E-state index contributed by atoms with van der Waals surface area (Å²) >= 11 is 0. The van der Waals surface area contributed by atoms with E-state index in [0.717, 1.165) is 6.07 Å². The third-order valence-corrected chi connectivity index (χ3v) is 3.57. The summed E-state index contributed by atoms with van der Waals surface area (Å²) in [4.78, 5) is 11.7.